The van der Waals surface area contributed by atoms with Crippen LogP contribution in [-0.2, 0) is 6.54 Å². The monoisotopic (exact) mass is 527 g/mol. The van der Waals surface area contributed by atoms with Crippen LogP contribution in [0.2, 0.25) is 0 Å². The second-order valence-corrected chi connectivity index (χ2v) is 6.98. The SMILES string of the molecule is CN=C(NCCCN(C)c1ccccc1F)NCc1ccc(C(=O)N(C)C)cc1.I. The Balaban J connectivity index is 0.00000450. The molecule has 0 bridgehead atoms. The van der Waals surface area contributed by atoms with Crippen molar-refractivity contribution >= 4 is 41.5 Å². The maximum atomic E-state index is 13.8. The van der Waals surface area contributed by atoms with E-state index < -0.39 is 0 Å². The minimum Gasteiger partial charge on any atom is -0.372 e. The van der Waals surface area contributed by atoms with Gasteiger partial charge < -0.3 is 20.4 Å². The molecule has 0 aromatic heterocycles. The average molecular weight is 527 g/mol. The van der Waals surface area contributed by atoms with Crippen LogP contribution in [0.25, 0.3) is 0 Å². The van der Waals surface area contributed by atoms with Gasteiger partial charge in [-0.2, -0.15) is 0 Å². The van der Waals surface area contributed by atoms with Gasteiger partial charge in [0.15, 0.2) is 5.96 Å². The number of nitrogens with zero attached hydrogens (tertiary/aromatic N) is 3. The van der Waals surface area contributed by atoms with Crippen molar-refractivity contribution in [3.05, 3.63) is 65.5 Å². The molecule has 164 valence electrons. The number of aliphatic imine (C=N–C) groups is 1. The molecule has 2 aromatic carbocycles. The number of hydrogen-bond donors (Lipinski definition) is 2. The van der Waals surface area contributed by atoms with Gasteiger partial charge in [0.25, 0.3) is 5.91 Å². The third-order valence-electron chi connectivity index (χ3n) is 4.52. The van der Waals surface area contributed by atoms with Crippen LogP contribution in [0.15, 0.2) is 53.5 Å². The van der Waals surface area contributed by atoms with Crippen molar-refractivity contribution in [1.29, 1.82) is 0 Å². The summed E-state index contributed by atoms with van der Waals surface area (Å²) in [6, 6.07) is 14.3. The lowest BCUT2D eigenvalue weighted by molar-refractivity contribution is 0.0827. The second-order valence-electron chi connectivity index (χ2n) is 6.98. The van der Waals surface area contributed by atoms with Gasteiger partial charge in [-0.3, -0.25) is 9.79 Å². The van der Waals surface area contributed by atoms with E-state index in [4.69, 9.17) is 0 Å². The highest BCUT2D eigenvalue weighted by Gasteiger charge is 2.08. The molecule has 2 aromatic rings. The minimum atomic E-state index is -0.210. The maximum Gasteiger partial charge on any atom is 0.253 e. The first-order valence-corrected chi connectivity index (χ1v) is 9.63. The molecular weight excluding hydrogens is 496 g/mol. The third-order valence-corrected chi connectivity index (χ3v) is 4.52. The zero-order valence-electron chi connectivity index (χ0n) is 18.0. The lowest BCUT2D eigenvalue weighted by Crippen LogP contribution is -2.38. The van der Waals surface area contributed by atoms with E-state index in [1.807, 2.05) is 42.3 Å². The number of para-hydroxylation sites is 1. The Labute approximate surface area is 195 Å². The van der Waals surface area contributed by atoms with E-state index in [-0.39, 0.29) is 35.7 Å². The number of benzene rings is 2. The van der Waals surface area contributed by atoms with Crippen LogP contribution >= 0.6 is 24.0 Å². The molecule has 2 N–H and O–H groups in total. The predicted molar refractivity (Wildman–Crippen MR) is 132 cm³/mol. The number of amides is 1. The van der Waals surface area contributed by atoms with Gasteiger partial charge in [-0.15, -0.1) is 24.0 Å². The molecule has 0 saturated heterocycles. The topological polar surface area (TPSA) is 60.0 Å². The largest absolute Gasteiger partial charge is 0.372 e. The van der Waals surface area contributed by atoms with Gasteiger partial charge in [-0.25, -0.2) is 4.39 Å². The summed E-state index contributed by atoms with van der Waals surface area (Å²) < 4.78 is 13.8. The molecule has 30 heavy (non-hydrogen) atoms. The number of halogens is 2. The normalized spacial score (nSPS) is 10.8. The van der Waals surface area contributed by atoms with E-state index in [2.05, 4.69) is 15.6 Å². The molecule has 0 aliphatic rings. The molecule has 0 radical (unpaired) electrons. The first kappa shape index (κ1) is 25.7. The van der Waals surface area contributed by atoms with Gasteiger partial charge in [-0.05, 0) is 36.2 Å². The Bertz CT molecular complexity index is 827. The van der Waals surface area contributed by atoms with E-state index in [0.717, 1.165) is 25.1 Å². The zero-order chi connectivity index (χ0) is 21.2. The summed E-state index contributed by atoms with van der Waals surface area (Å²) in [4.78, 5) is 19.6. The van der Waals surface area contributed by atoms with Gasteiger partial charge in [0.2, 0.25) is 0 Å². The third kappa shape index (κ3) is 7.81. The molecule has 1 amide bonds. The van der Waals surface area contributed by atoms with E-state index in [9.17, 15) is 9.18 Å². The van der Waals surface area contributed by atoms with Crippen molar-refractivity contribution in [2.45, 2.75) is 13.0 Å². The molecule has 0 spiro atoms. The first-order chi connectivity index (χ1) is 13.9. The Hall–Kier alpha value is -2.36. The number of rotatable bonds is 8. The van der Waals surface area contributed by atoms with E-state index in [1.165, 1.54) is 6.07 Å². The number of carbonyl (C=O) groups excluding carboxylic acids is 1. The fraction of sp³-hybridized carbons (Fsp3) is 0.364. The van der Waals surface area contributed by atoms with Crippen LogP contribution < -0.4 is 15.5 Å². The summed E-state index contributed by atoms with van der Waals surface area (Å²) in [6.45, 7) is 2.05. The first-order valence-electron chi connectivity index (χ1n) is 9.63. The van der Waals surface area contributed by atoms with Crippen molar-refractivity contribution in [3.63, 3.8) is 0 Å². The molecule has 0 aliphatic carbocycles. The van der Waals surface area contributed by atoms with Crippen LogP contribution in [0.3, 0.4) is 0 Å². The van der Waals surface area contributed by atoms with Crippen molar-refractivity contribution in [2.75, 3.05) is 46.2 Å². The van der Waals surface area contributed by atoms with Crippen LogP contribution in [0.5, 0.6) is 0 Å². The van der Waals surface area contributed by atoms with Gasteiger partial charge in [-0.1, -0.05) is 24.3 Å². The van der Waals surface area contributed by atoms with Gasteiger partial charge >= 0.3 is 0 Å². The number of carbonyl (C=O) groups is 1. The molecule has 8 heteroatoms. The fourth-order valence-electron chi connectivity index (χ4n) is 2.83. The van der Waals surface area contributed by atoms with E-state index in [1.54, 1.807) is 38.2 Å². The lowest BCUT2D eigenvalue weighted by atomic mass is 10.1. The smallest absolute Gasteiger partial charge is 0.253 e. The van der Waals surface area contributed by atoms with Crippen LogP contribution in [0, 0.1) is 5.82 Å². The Morgan fingerprint density at radius 2 is 1.70 bits per heavy atom. The number of hydrogen-bond acceptors (Lipinski definition) is 3. The molecule has 0 fully saturated rings. The number of anilines is 1. The molecule has 2 rings (SSSR count). The van der Waals surface area contributed by atoms with Crippen molar-refractivity contribution in [2.24, 2.45) is 4.99 Å². The summed E-state index contributed by atoms with van der Waals surface area (Å²) >= 11 is 0. The zero-order valence-corrected chi connectivity index (χ0v) is 20.3. The molecule has 0 unspecified atom stereocenters. The lowest BCUT2D eigenvalue weighted by Gasteiger charge is -2.20. The number of nitrogens with one attached hydrogen (secondary N) is 2. The van der Waals surface area contributed by atoms with E-state index >= 15 is 0 Å². The highest BCUT2D eigenvalue weighted by atomic mass is 127. The Morgan fingerprint density at radius 3 is 2.30 bits per heavy atom. The summed E-state index contributed by atoms with van der Waals surface area (Å²) in [7, 11) is 7.08. The summed E-state index contributed by atoms with van der Waals surface area (Å²) in [5.74, 6) is 0.480. The van der Waals surface area contributed by atoms with Crippen molar-refractivity contribution in [1.82, 2.24) is 15.5 Å². The van der Waals surface area contributed by atoms with Crippen molar-refractivity contribution in [3.8, 4) is 0 Å². The summed E-state index contributed by atoms with van der Waals surface area (Å²) in [6.07, 6.45) is 0.840. The predicted octanol–water partition coefficient (Wildman–Crippen LogP) is 3.34. The second kappa shape index (κ2) is 13.0. The van der Waals surface area contributed by atoms with Crippen LogP contribution in [0.1, 0.15) is 22.3 Å². The van der Waals surface area contributed by atoms with Crippen LogP contribution in [-0.4, -0.2) is 58.0 Å². The Morgan fingerprint density at radius 1 is 1.03 bits per heavy atom. The summed E-state index contributed by atoms with van der Waals surface area (Å²) in [5, 5.41) is 6.52. The molecule has 0 aliphatic heterocycles. The van der Waals surface area contributed by atoms with Gasteiger partial charge in [0.05, 0.1) is 5.69 Å². The minimum absolute atomic E-state index is 0. The standard InChI is InChI=1S/C22H30FN5O.HI/c1-24-22(25-14-7-15-28(4)20-9-6-5-8-19(20)23)26-16-17-10-12-18(13-11-17)21(29)27(2)3;/h5-6,8-13H,7,14-16H2,1-4H3,(H2,24,25,26);1H. The highest BCUT2D eigenvalue weighted by Crippen LogP contribution is 2.16. The molecule has 0 atom stereocenters. The fourth-order valence-corrected chi connectivity index (χ4v) is 2.83. The van der Waals surface area contributed by atoms with Crippen LogP contribution in [0.4, 0.5) is 10.1 Å². The molecule has 6 nitrogen and oxygen atoms in total. The Kier molecular flexibility index (Phi) is 11.2. The molecule has 0 saturated carbocycles. The molecular formula is C22H31FIN5O. The van der Waals surface area contributed by atoms with Crippen molar-refractivity contribution < 1.29 is 9.18 Å². The number of guanidine groups is 1. The molecule has 0 heterocycles. The van der Waals surface area contributed by atoms with E-state index in [0.29, 0.717) is 23.8 Å². The van der Waals surface area contributed by atoms with Gasteiger partial charge in [0, 0.05) is 53.4 Å². The summed E-state index contributed by atoms with van der Waals surface area (Å²) in [5.41, 5.74) is 2.33. The average Bonchev–Trinajstić information content (AvgIpc) is 2.73. The van der Waals surface area contributed by atoms with Gasteiger partial charge in [0.1, 0.15) is 5.82 Å². The quantitative estimate of drug-likeness (QED) is 0.240. The highest BCUT2D eigenvalue weighted by molar-refractivity contribution is 14.0. The maximum absolute atomic E-state index is 13.8.